The predicted molar refractivity (Wildman–Crippen MR) is 88.6 cm³/mol. The topological polar surface area (TPSA) is 3.24 Å². The predicted octanol–water partition coefficient (Wildman–Crippen LogP) is 5.81. The Hall–Kier alpha value is -0.240. The lowest BCUT2D eigenvalue weighted by Crippen LogP contribution is -2.42. The quantitative estimate of drug-likeness (QED) is 0.680. The van der Waals surface area contributed by atoms with E-state index in [1.807, 2.05) is 12.1 Å². The number of likely N-dealkylation sites (tertiary alicyclic amines) is 1. The molecule has 20 heavy (non-hydrogen) atoms. The van der Waals surface area contributed by atoms with Crippen molar-refractivity contribution in [3.05, 3.63) is 33.8 Å². The number of nitrogens with zero attached hydrogens (tertiary/aromatic N) is 1. The lowest BCUT2D eigenvalue weighted by Gasteiger charge is -2.44. The lowest BCUT2D eigenvalue weighted by atomic mass is 9.71. The number of benzene rings is 1. The van der Waals surface area contributed by atoms with E-state index in [9.17, 15) is 0 Å². The van der Waals surface area contributed by atoms with Gasteiger partial charge in [0, 0.05) is 16.1 Å². The Balaban J connectivity index is 2.06. The largest absolute Gasteiger partial charge is 0.297 e. The van der Waals surface area contributed by atoms with Crippen LogP contribution in [0.15, 0.2) is 18.2 Å². The molecule has 1 nitrogen and oxygen atoms in total. The zero-order valence-corrected chi connectivity index (χ0v) is 14.4. The second kappa shape index (κ2) is 6.25. The molecule has 2 rings (SSSR count). The van der Waals surface area contributed by atoms with Crippen LogP contribution in [0.4, 0.5) is 0 Å². The maximum atomic E-state index is 6.12. The Morgan fingerprint density at radius 2 is 1.50 bits per heavy atom. The number of hydrogen-bond donors (Lipinski definition) is 0. The summed E-state index contributed by atoms with van der Waals surface area (Å²) >= 11 is 12.2. The van der Waals surface area contributed by atoms with Gasteiger partial charge in [0.05, 0.1) is 0 Å². The van der Waals surface area contributed by atoms with Gasteiger partial charge >= 0.3 is 0 Å². The molecule has 0 amide bonds. The number of rotatable bonds is 3. The van der Waals surface area contributed by atoms with Crippen molar-refractivity contribution in [2.75, 3.05) is 13.1 Å². The highest BCUT2D eigenvalue weighted by molar-refractivity contribution is 6.34. The van der Waals surface area contributed by atoms with Crippen molar-refractivity contribution in [2.24, 2.45) is 11.3 Å². The minimum atomic E-state index is 0.378. The standard InChI is InChI=1S/C17H25Cl2N/c1-12(2)17(4)5-7-20(8-6-17)13(3)14-9-15(18)11-16(19)10-14/h9-13H,5-8H2,1-4H3. The van der Waals surface area contributed by atoms with Gasteiger partial charge in [0.1, 0.15) is 0 Å². The van der Waals surface area contributed by atoms with E-state index in [4.69, 9.17) is 23.2 Å². The highest BCUT2D eigenvalue weighted by Gasteiger charge is 2.34. The van der Waals surface area contributed by atoms with Crippen molar-refractivity contribution < 1.29 is 0 Å². The van der Waals surface area contributed by atoms with Gasteiger partial charge in [0.25, 0.3) is 0 Å². The van der Waals surface area contributed by atoms with Gasteiger partial charge in [0.2, 0.25) is 0 Å². The Morgan fingerprint density at radius 3 is 1.95 bits per heavy atom. The summed E-state index contributed by atoms with van der Waals surface area (Å²) in [5, 5.41) is 1.45. The van der Waals surface area contributed by atoms with E-state index in [-0.39, 0.29) is 0 Å². The summed E-state index contributed by atoms with van der Waals surface area (Å²) in [7, 11) is 0. The summed E-state index contributed by atoms with van der Waals surface area (Å²) in [5.74, 6) is 0.751. The number of piperidine rings is 1. The van der Waals surface area contributed by atoms with Crippen LogP contribution >= 0.6 is 23.2 Å². The average Bonchev–Trinajstić information content (AvgIpc) is 2.37. The minimum absolute atomic E-state index is 0.378. The van der Waals surface area contributed by atoms with E-state index in [1.54, 1.807) is 6.07 Å². The number of hydrogen-bond acceptors (Lipinski definition) is 1. The molecule has 1 heterocycles. The van der Waals surface area contributed by atoms with Gasteiger partial charge in [-0.05, 0) is 68.0 Å². The molecule has 1 saturated heterocycles. The SMILES string of the molecule is CC(c1cc(Cl)cc(Cl)c1)N1CCC(C)(C(C)C)CC1. The maximum absolute atomic E-state index is 6.12. The molecule has 1 aliphatic rings. The molecule has 3 heteroatoms. The zero-order valence-electron chi connectivity index (χ0n) is 12.9. The molecule has 1 fully saturated rings. The maximum Gasteiger partial charge on any atom is 0.0424 e. The van der Waals surface area contributed by atoms with Gasteiger partial charge in [-0.3, -0.25) is 4.90 Å². The fourth-order valence-electron chi connectivity index (χ4n) is 3.03. The third kappa shape index (κ3) is 3.50. The third-order valence-electron chi connectivity index (χ3n) is 5.25. The molecule has 1 atom stereocenters. The molecule has 0 N–H and O–H groups in total. The molecule has 0 aromatic heterocycles. The van der Waals surface area contributed by atoms with Crippen LogP contribution in [0.25, 0.3) is 0 Å². The highest BCUT2D eigenvalue weighted by Crippen LogP contribution is 2.40. The summed E-state index contributed by atoms with van der Waals surface area (Å²) in [5.41, 5.74) is 1.71. The molecular weight excluding hydrogens is 289 g/mol. The molecule has 0 aliphatic carbocycles. The summed E-state index contributed by atoms with van der Waals surface area (Å²) in [6, 6.07) is 6.25. The van der Waals surface area contributed by atoms with Crippen molar-refractivity contribution in [1.82, 2.24) is 4.90 Å². The summed E-state index contributed by atoms with van der Waals surface area (Å²) in [6.45, 7) is 11.7. The smallest absolute Gasteiger partial charge is 0.0424 e. The van der Waals surface area contributed by atoms with Crippen LogP contribution < -0.4 is 0 Å². The van der Waals surface area contributed by atoms with Crippen molar-refractivity contribution in [3.63, 3.8) is 0 Å². The van der Waals surface area contributed by atoms with Gasteiger partial charge in [-0.15, -0.1) is 0 Å². The van der Waals surface area contributed by atoms with Crippen molar-refractivity contribution in [3.8, 4) is 0 Å². The Labute approximate surface area is 133 Å². The van der Waals surface area contributed by atoms with Crippen LogP contribution in [0.5, 0.6) is 0 Å². The molecule has 0 spiro atoms. The molecule has 1 aliphatic heterocycles. The summed E-state index contributed by atoms with van der Waals surface area (Å²) in [4.78, 5) is 2.55. The van der Waals surface area contributed by atoms with E-state index in [0.29, 0.717) is 11.5 Å². The monoisotopic (exact) mass is 313 g/mol. The molecule has 1 unspecified atom stereocenters. The first-order chi connectivity index (χ1) is 9.32. The Bertz CT molecular complexity index is 442. The molecule has 1 aromatic rings. The van der Waals surface area contributed by atoms with E-state index >= 15 is 0 Å². The fourth-order valence-corrected chi connectivity index (χ4v) is 3.57. The van der Waals surface area contributed by atoms with E-state index in [2.05, 4.69) is 32.6 Å². The van der Waals surface area contributed by atoms with Crippen LogP contribution in [0.3, 0.4) is 0 Å². The fraction of sp³-hybridized carbons (Fsp3) is 0.647. The average molecular weight is 314 g/mol. The van der Waals surface area contributed by atoms with Gasteiger partial charge < -0.3 is 0 Å². The molecular formula is C17H25Cl2N. The van der Waals surface area contributed by atoms with Crippen molar-refractivity contribution in [2.45, 2.75) is 46.6 Å². The Kier molecular flexibility index (Phi) is 5.05. The normalized spacial score (nSPS) is 21.1. The first-order valence-electron chi connectivity index (χ1n) is 7.52. The molecule has 0 bridgehead atoms. The Morgan fingerprint density at radius 1 is 1.00 bits per heavy atom. The van der Waals surface area contributed by atoms with Crippen molar-refractivity contribution in [1.29, 1.82) is 0 Å². The zero-order chi connectivity index (χ0) is 14.9. The van der Waals surface area contributed by atoms with Crippen molar-refractivity contribution >= 4 is 23.2 Å². The van der Waals surface area contributed by atoms with Crippen LogP contribution in [-0.2, 0) is 0 Å². The summed E-state index contributed by atoms with van der Waals surface area (Å²) in [6.07, 6.45) is 2.53. The highest BCUT2D eigenvalue weighted by atomic mass is 35.5. The van der Waals surface area contributed by atoms with Crippen LogP contribution in [0.2, 0.25) is 10.0 Å². The second-order valence-electron chi connectivity index (χ2n) is 6.72. The van der Waals surface area contributed by atoms with Gasteiger partial charge in [-0.25, -0.2) is 0 Å². The van der Waals surface area contributed by atoms with Gasteiger partial charge in [-0.1, -0.05) is 44.0 Å². The number of halogens is 2. The third-order valence-corrected chi connectivity index (χ3v) is 5.69. The lowest BCUT2D eigenvalue weighted by molar-refractivity contribution is 0.0571. The van der Waals surface area contributed by atoms with Gasteiger partial charge in [-0.2, -0.15) is 0 Å². The van der Waals surface area contributed by atoms with Crippen LogP contribution in [0.1, 0.15) is 52.1 Å². The van der Waals surface area contributed by atoms with E-state index in [0.717, 1.165) is 29.1 Å². The van der Waals surface area contributed by atoms with Crippen LogP contribution in [-0.4, -0.2) is 18.0 Å². The first-order valence-corrected chi connectivity index (χ1v) is 8.27. The second-order valence-corrected chi connectivity index (χ2v) is 7.60. The van der Waals surface area contributed by atoms with Crippen LogP contribution in [0, 0.1) is 11.3 Å². The molecule has 0 radical (unpaired) electrons. The van der Waals surface area contributed by atoms with Gasteiger partial charge in [0.15, 0.2) is 0 Å². The van der Waals surface area contributed by atoms with E-state index < -0.39 is 0 Å². The van der Waals surface area contributed by atoms with E-state index in [1.165, 1.54) is 18.4 Å². The molecule has 112 valence electrons. The molecule has 0 saturated carbocycles. The summed E-state index contributed by atoms with van der Waals surface area (Å²) < 4.78 is 0. The first kappa shape index (κ1) is 16.1. The molecule has 1 aromatic carbocycles. The minimum Gasteiger partial charge on any atom is -0.297 e.